The summed E-state index contributed by atoms with van der Waals surface area (Å²) < 4.78 is 11.7. The highest BCUT2D eigenvalue weighted by Gasteiger charge is 2.19. The number of nitrogens with one attached hydrogen (secondary N) is 1. The lowest BCUT2D eigenvalue weighted by Crippen LogP contribution is -2.35. The van der Waals surface area contributed by atoms with Gasteiger partial charge in [-0.25, -0.2) is 14.3 Å². The van der Waals surface area contributed by atoms with Crippen molar-refractivity contribution in [2.45, 2.75) is 6.42 Å². The van der Waals surface area contributed by atoms with Crippen LogP contribution in [0.5, 0.6) is 11.5 Å². The summed E-state index contributed by atoms with van der Waals surface area (Å²) in [7, 11) is 0. The maximum atomic E-state index is 13.1. The molecule has 4 aromatic rings. The van der Waals surface area contributed by atoms with E-state index in [0.29, 0.717) is 29.7 Å². The van der Waals surface area contributed by atoms with E-state index in [1.54, 1.807) is 18.2 Å². The number of aromatic amines is 1. The lowest BCUT2D eigenvalue weighted by Gasteiger charge is -2.26. The van der Waals surface area contributed by atoms with Gasteiger partial charge in [-0.1, -0.05) is 36.4 Å². The zero-order valence-corrected chi connectivity index (χ0v) is 17.5. The maximum absolute atomic E-state index is 13.1. The number of H-pyrrole nitrogens is 1. The molecule has 164 valence electrons. The molecule has 2 aromatic heterocycles. The second-order valence-corrected chi connectivity index (χ2v) is 7.83. The molecule has 2 aliphatic rings. The third-order valence-corrected chi connectivity index (χ3v) is 5.89. The monoisotopic (exact) mass is 441 g/mol. The normalized spacial score (nSPS) is 15.0. The summed E-state index contributed by atoms with van der Waals surface area (Å²) in [6.07, 6.45) is 4.48. The highest BCUT2D eigenvalue weighted by atomic mass is 16.7. The molecule has 9 heteroatoms. The average molecular weight is 441 g/mol. The first-order valence-electron chi connectivity index (χ1n) is 10.6. The number of anilines is 1. The molecule has 0 radical (unpaired) electrons. The fourth-order valence-corrected chi connectivity index (χ4v) is 4.17. The molecular formula is C24H19N5O4. The molecule has 0 fully saturated rings. The second-order valence-electron chi connectivity index (χ2n) is 7.83. The molecule has 0 saturated carbocycles. The third kappa shape index (κ3) is 3.34. The van der Waals surface area contributed by atoms with E-state index in [1.165, 1.54) is 17.3 Å². The molecule has 33 heavy (non-hydrogen) atoms. The Hall–Kier alpha value is -4.40. The lowest BCUT2D eigenvalue weighted by atomic mass is 10.00. The Kier molecular flexibility index (Phi) is 4.46. The minimum Gasteiger partial charge on any atom is -0.454 e. The van der Waals surface area contributed by atoms with Crippen LogP contribution in [-0.4, -0.2) is 39.4 Å². The van der Waals surface area contributed by atoms with Gasteiger partial charge >= 0.3 is 5.69 Å². The molecule has 0 bridgehead atoms. The number of nitrogens with zero attached hydrogens (tertiary/aromatic N) is 4. The predicted octanol–water partition coefficient (Wildman–Crippen LogP) is 2.49. The van der Waals surface area contributed by atoms with Crippen molar-refractivity contribution in [3.8, 4) is 17.2 Å². The number of ether oxygens (including phenoxy) is 2. The Morgan fingerprint density at radius 2 is 1.85 bits per heavy atom. The van der Waals surface area contributed by atoms with Crippen LogP contribution in [0.2, 0.25) is 0 Å². The molecule has 0 atom stereocenters. The van der Waals surface area contributed by atoms with E-state index in [2.05, 4.69) is 33.2 Å². The van der Waals surface area contributed by atoms with Crippen LogP contribution in [0, 0.1) is 0 Å². The smallest absolute Gasteiger partial charge is 0.334 e. The number of rotatable bonds is 3. The molecule has 9 nitrogen and oxygen atoms in total. The van der Waals surface area contributed by atoms with Crippen molar-refractivity contribution in [1.82, 2.24) is 19.5 Å². The van der Waals surface area contributed by atoms with Crippen molar-refractivity contribution in [2.24, 2.45) is 0 Å². The van der Waals surface area contributed by atoms with Crippen LogP contribution in [-0.2, 0) is 0 Å². The van der Waals surface area contributed by atoms with Crippen LogP contribution >= 0.6 is 0 Å². The van der Waals surface area contributed by atoms with Crippen molar-refractivity contribution in [2.75, 3.05) is 24.8 Å². The van der Waals surface area contributed by atoms with Gasteiger partial charge in [-0.05, 0) is 29.7 Å². The minimum absolute atomic E-state index is 0.108. The second kappa shape index (κ2) is 7.63. The van der Waals surface area contributed by atoms with Gasteiger partial charge < -0.3 is 14.4 Å². The summed E-state index contributed by atoms with van der Waals surface area (Å²) in [5, 5.41) is 0.230. The van der Waals surface area contributed by atoms with E-state index in [0.717, 1.165) is 17.5 Å². The zero-order valence-electron chi connectivity index (χ0n) is 17.5. The topological polar surface area (TPSA) is 102 Å². The Morgan fingerprint density at radius 3 is 2.67 bits per heavy atom. The summed E-state index contributed by atoms with van der Waals surface area (Å²) in [6.45, 7) is 1.50. The number of fused-ring (bicyclic) bond motifs is 2. The molecule has 0 spiro atoms. The zero-order chi connectivity index (χ0) is 22.4. The lowest BCUT2D eigenvalue weighted by molar-refractivity contribution is 0.174. The van der Waals surface area contributed by atoms with Crippen molar-refractivity contribution < 1.29 is 9.47 Å². The van der Waals surface area contributed by atoms with E-state index in [1.807, 2.05) is 23.1 Å². The van der Waals surface area contributed by atoms with Crippen molar-refractivity contribution in [1.29, 1.82) is 0 Å². The third-order valence-electron chi connectivity index (χ3n) is 5.89. The van der Waals surface area contributed by atoms with Crippen LogP contribution in [0.25, 0.3) is 22.3 Å². The Morgan fingerprint density at radius 1 is 1.00 bits per heavy atom. The van der Waals surface area contributed by atoms with Crippen LogP contribution in [0.1, 0.15) is 12.0 Å². The molecule has 0 unspecified atom stereocenters. The van der Waals surface area contributed by atoms with Crippen LogP contribution in [0.4, 0.5) is 5.95 Å². The Labute approximate surface area is 187 Å². The fourth-order valence-electron chi connectivity index (χ4n) is 4.17. The van der Waals surface area contributed by atoms with E-state index in [4.69, 9.17) is 9.47 Å². The summed E-state index contributed by atoms with van der Waals surface area (Å²) in [5.74, 6) is 1.53. The van der Waals surface area contributed by atoms with Gasteiger partial charge in [0, 0.05) is 25.4 Å². The van der Waals surface area contributed by atoms with Crippen LogP contribution < -0.4 is 25.6 Å². The van der Waals surface area contributed by atoms with Crippen molar-refractivity contribution >= 4 is 22.6 Å². The molecule has 6 rings (SSSR count). The Balaban J connectivity index is 1.34. The molecule has 0 amide bonds. The summed E-state index contributed by atoms with van der Waals surface area (Å²) in [6, 6.07) is 15.2. The molecule has 2 aromatic carbocycles. The van der Waals surface area contributed by atoms with Gasteiger partial charge in [0.1, 0.15) is 5.39 Å². The molecule has 4 heterocycles. The van der Waals surface area contributed by atoms with Gasteiger partial charge in [0.25, 0.3) is 5.56 Å². The van der Waals surface area contributed by atoms with Gasteiger partial charge in [-0.2, -0.15) is 4.98 Å². The summed E-state index contributed by atoms with van der Waals surface area (Å²) in [5.41, 5.74) is 2.01. The van der Waals surface area contributed by atoms with Crippen LogP contribution in [0.15, 0.2) is 70.4 Å². The van der Waals surface area contributed by atoms with Crippen molar-refractivity contribution in [3.63, 3.8) is 0 Å². The fraction of sp³-hybridized carbons (Fsp3) is 0.167. The summed E-state index contributed by atoms with van der Waals surface area (Å²) >= 11 is 0. The molecule has 0 saturated heterocycles. The van der Waals surface area contributed by atoms with E-state index in [-0.39, 0.29) is 17.8 Å². The molecule has 2 aliphatic heterocycles. The quantitative estimate of drug-likeness (QED) is 0.521. The number of hydrogen-bond acceptors (Lipinski definition) is 7. The highest BCUT2D eigenvalue weighted by molar-refractivity contribution is 5.74. The standard InChI is InChI=1S/C24H19N5O4/c30-22-18-13-25-23(28-10-8-16(9-11-28)15-4-2-1-3-5-15)26-21(18)27-24(31)29(22)17-6-7-19-20(12-17)33-14-32-19/h1-8,12-13H,9-11,14H2,(H,25,26,27,31). The number of benzene rings is 2. The first kappa shape index (κ1) is 19.3. The first-order chi connectivity index (χ1) is 16.2. The Bertz CT molecular complexity index is 1520. The predicted molar refractivity (Wildman–Crippen MR) is 123 cm³/mol. The molecule has 0 aliphatic carbocycles. The van der Waals surface area contributed by atoms with Gasteiger partial charge in [0.2, 0.25) is 12.7 Å². The molecular weight excluding hydrogens is 422 g/mol. The average Bonchev–Trinajstić information content (AvgIpc) is 3.32. The van der Waals surface area contributed by atoms with E-state index in [9.17, 15) is 9.59 Å². The SMILES string of the molecule is O=c1[nH]c2nc(N3CC=C(c4ccccc4)CC3)ncc2c(=O)n1-c1ccc2c(c1)OCO2. The molecule has 1 N–H and O–H groups in total. The number of hydrogen-bond donors (Lipinski definition) is 1. The van der Waals surface area contributed by atoms with Crippen molar-refractivity contribution in [3.05, 3.63) is 87.2 Å². The maximum Gasteiger partial charge on any atom is 0.334 e. The van der Waals surface area contributed by atoms with Gasteiger partial charge in [-0.15, -0.1) is 0 Å². The van der Waals surface area contributed by atoms with Crippen LogP contribution in [0.3, 0.4) is 0 Å². The minimum atomic E-state index is -0.582. The van der Waals surface area contributed by atoms with Gasteiger partial charge in [-0.3, -0.25) is 9.78 Å². The largest absolute Gasteiger partial charge is 0.454 e. The van der Waals surface area contributed by atoms with Gasteiger partial charge in [0.05, 0.1) is 5.69 Å². The number of aromatic nitrogens is 4. The summed E-state index contributed by atoms with van der Waals surface area (Å²) in [4.78, 5) is 39.5. The first-order valence-corrected chi connectivity index (χ1v) is 10.6. The van der Waals surface area contributed by atoms with Gasteiger partial charge in [0.15, 0.2) is 17.1 Å². The van der Waals surface area contributed by atoms with E-state index < -0.39 is 11.2 Å². The highest BCUT2D eigenvalue weighted by Crippen LogP contribution is 2.33. The van der Waals surface area contributed by atoms with E-state index >= 15 is 0 Å².